The van der Waals surface area contributed by atoms with Crippen molar-refractivity contribution in [3.63, 3.8) is 0 Å². The Morgan fingerprint density at radius 3 is 2.52 bits per heavy atom. The molecule has 1 aliphatic rings. The first-order chi connectivity index (χ1) is 10.1. The number of carboxylic acids is 1. The van der Waals surface area contributed by atoms with E-state index in [1.165, 1.54) is 12.8 Å². The van der Waals surface area contributed by atoms with Gasteiger partial charge in [-0.25, -0.2) is 4.79 Å². The number of carboxylic acid groups (broad SMARTS) is 1. The lowest BCUT2D eigenvalue weighted by Gasteiger charge is -2.31. The fourth-order valence-electron chi connectivity index (χ4n) is 3.39. The summed E-state index contributed by atoms with van der Waals surface area (Å²) in [6.45, 7) is 1.79. The zero-order valence-corrected chi connectivity index (χ0v) is 12.3. The second kappa shape index (κ2) is 5.49. The van der Waals surface area contributed by atoms with Crippen LogP contribution in [0.2, 0.25) is 0 Å². The highest BCUT2D eigenvalue weighted by Gasteiger charge is 2.38. The van der Waals surface area contributed by atoms with E-state index in [0.29, 0.717) is 6.04 Å². The van der Waals surface area contributed by atoms with Crippen molar-refractivity contribution >= 4 is 16.7 Å². The molecule has 1 unspecified atom stereocenters. The van der Waals surface area contributed by atoms with Crippen molar-refractivity contribution in [3.8, 4) is 0 Å². The Bertz CT molecular complexity index is 656. The number of hydrogen-bond donors (Lipinski definition) is 2. The topological polar surface area (TPSA) is 49.3 Å². The second-order valence-electron chi connectivity index (χ2n) is 6.08. The third-order valence-electron chi connectivity index (χ3n) is 4.60. The van der Waals surface area contributed by atoms with Gasteiger partial charge in [0.2, 0.25) is 0 Å². The van der Waals surface area contributed by atoms with E-state index in [1.807, 2.05) is 42.5 Å². The molecule has 3 heteroatoms. The minimum Gasteiger partial charge on any atom is -0.480 e. The van der Waals surface area contributed by atoms with Crippen molar-refractivity contribution in [2.45, 2.75) is 44.2 Å². The summed E-state index contributed by atoms with van der Waals surface area (Å²) in [6, 6.07) is 14.2. The standard InChI is InChI=1S/C18H21NO2/c1-18(17(20)21,19-14-9-3-4-10-14)16-12-6-8-13-7-2-5-11-15(13)16/h2,5-8,11-12,14,19H,3-4,9-10H2,1H3,(H,20,21). The van der Waals surface area contributed by atoms with Crippen LogP contribution in [-0.2, 0) is 10.3 Å². The first-order valence-electron chi connectivity index (χ1n) is 7.60. The molecule has 2 aromatic carbocycles. The van der Waals surface area contributed by atoms with Gasteiger partial charge in [-0.15, -0.1) is 0 Å². The molecule has 1 saturated carbocycles. The molecule has 0 aromatic heterocycles. The Morgan fingerprint density at radius 1 is 1.14 bits per heavy atom. The van der Waals surface area contributed by atoms with Gasteiger partial charge in [0.25, 0.3) is 0 Å². The number of nitrogens with one attached hydrogen (secondary N) is 1. The van der Waals surface area contributed by atoms with Crippen LogP contribution in [-0.4, -0.2) is 17.1 Å². The van der Waals surface area contributed by atoms with E-state index >= 15 is 0 Å². The molecule has 110 valence electrons. The van der Waals surface area contributed by atoms with Crippen LogP contribution >= 0.6 is 0 Å². The van der Waals surface area contributed by atoms with Crippen LogP contribution in [0.3, 0.4) is 0 Å². The van der Waals surface area contributed by atoms with E-state index < -0.39 is 11.5 Å². The Kier molecular flexibility index (Phi) is 3.68. The van der Waals surface area contributed by atoms with Crippen LogP contribution in [0.4, 0.5) is 0 Å². The van der Waals surface area contributed by atoms with Crippen molar-refractivity contribution in [2.24, 2.45) is 0 Å². The van der Waals surface area contributed by atoms with Crippen molar-refractivity contribution in [3.05, 3.63) is 48.0 Å². The maximum Gasteiger partial charge on any atom is 0.328 e. The van der Waals surface area contributed by atoms with Crippen LogP contribution in [0.25, 0.3) is 10.8 Å². The highest BCUT2D eigenvalue weighted by atomic mass is 16.4. The van der Waals surface area contributed by atoms with Crippen molar-refractivity contribution < 1.29 is 9.90 Å². The van der Waals surface area contributed by atoms with E-state index in [2.05, 4.69) is 5.32 Å². The number of carbonyl (C=O) groups is 1. The first kappa shape index (κ1) is 14.1. The van der Waals surface area contributed by atoms with Gasteiger partial charge >= 0.3 is 5.97 Å². The van der Waals surface area contributed by atoms with Gasteiger partial charge in [-0.2, -0.15) is 0 Å². The Hall–Kier alpha value is -1.87. The van der Waals surface area contributed by atoms with E-state index in [1.54, 1.807) is 6.92 Å². The van der Waals surface area contributed by atoms with Gasteiger partial charge in [0.15, 0.2) is 0 Å². The summed E-state index contributed by atoms with van der Waals surface area (Å²) < 4.78 is 0. The second-order valence-corrected chi connectivity index (χ2v) is 6.08. The first-order valence-corrected chi connectivity index (χ1v) is 7.60. The smallest absolute Gasteiger partial charge is 0.328 e. The van der Waals surface area contributed by atoms with Crippen LogP contribution in [0.5, 0.6) is 0 Å². The SMILES string of the molecule is CC(NC1CCCC1)(C(=O)O)c1cccc2ccccc12. The molecule has 2 aromatic rings. The largest absolute Gasteiger partial charge is 0.480 e. The number of hydrogen-bond acceptors (Lipinski definition) is 2. The van der Waals surface area contributed by atoms with Gasteiger partial charge in [0.1, 0.15) is 5.54 Å². The zero-order valence-electron chi connectivity index (χ0n) is 12.3. The molecule has 1 atom stereocenters. The quantitative estimate of drug-likeness (QED) is 0.900. The third kappa shape index (κ3) is 2.54. The molecular formula is C18H21NO2. The molecule has 0 heterocycles. The summed E-state index contributed by atoms with van der Waals surface area (Å²) in [5.74, 6) is -0.814. The summed E-state index contributed by atoms with van der Waals surface area (Å²) in [5, 5.41) is 15.3. The van der Waals surface area contributed by atoms with Crippen molar-refractivity contribution in [2.75, 3.05) is 0 Å². The van der Waals surface area contributed by atoms with Crippen LogP contribution < -0.4 is 5.32 Å². The van der Waals surface area contributed by atoms with Gasteiger partial charge < -0.3 is 5.11 Å². The Labute approximate surface area is 125 Å². The fraction of sp³-hybridized carbons (Fsp3) is 0.389. The molecule has 0 bridgehead atoms. The lowest BCUT2D eigenvalue weighted by atomic mass is 9.87. The normalized spacial score (nSPS) is 18.7. The average molecular weight is 283 g/mol. The highest BCUT2D eigenvalue weighted by Crippen LogP contribution is 2.31. The van der Waals surface area contributed by atoms with Crippen LogP contribution in [0.1, 0.15) is 38.2 Å². The number of aliphatic carboxylic acids is 1. The molecule has 0 saturated heterocycles. The van der Waals surface area contributed by atoms with E-state index in [4.69, 9.17) is 0 Å². The van der Waals surface area contributed by atoms with Gasteiger partial charge in [-0.3, -0.25) is 5.32 Å². The van der Waals surface area contributed by atoms with Crippen molar-refractivity contribution in [1.82, 2.24) is 5.32 Å². The van der Waals surface area contributed by atoms with Crippen LogP contribution in [0.15, 0.2) is 42.5 Å². The molecule has 0 aliphatic heterocycles. The van der Waals surface area contributed by atoms with Crippen LogP contribution in [0, 0.1) is 0 Å². The molecule has 3 rings (SSSR count). The van der Waals surface area contributed by atoms with E-state index in [-0.39, 0.29) is 0 Å². The molecule has 21 heavy (non-hydrogen) atoms. The molecular weight excluding hydrogens is 262 g/mol. The minimum atomic E-state index is -1.05. The predicted molar refractivity (Wildman–Crippen MR) is 84.3 cm³/mol. The van der Waals surface area contributed by atoms with Gasteiger partial charge in [-0.05, 0) is 36.1 Å². The number of benzene rings is 2. The predicted octanol–water partition coefficient (Wildman–Crippen LogP) is 3.67. The van der Waals surface area contributed by atoms with Crippen molar-refractivity contribution in [1.29, 1.82) is 0 Å². The minimum absolute atomic E-state index is 0.296. The summed E-state index contributed by atoms with van der Waals surface area (Å²) in [6.07, 6.45) is 4.49. The Balaban J connectivity index is 2.08. The molecule has 1 aliphatic carbocycles. The monoisotopic (exact) mass is 283 g/mol. The summed E-state index contributed by atoms with van der Waals surface area (Å²) >= 11 is 0. The third-order valence-corrected chi connectivity index (χ3v) is 4.60. The highest BCUT2D eigenvalue weighted by molar-refractivity contribution is 5.92. The molecule has 2 N–H and O–H groups in total. The molecule has 0 spiro atoms. The number of rotatable bonds is 4. The van der Waals surface area contributed by atoms with E-state index in [9.17, 15) is 9.90 Å². The maximum absolute atomic E-state index is 12.0. The van der Waals surface area contributed by atoms with E-state index in [0.717, 1.165) is 29.2 Å². The molecule has 1 fully saturated rings. The van der Waals surface area contributed by atoms with Gasteiger partial charge in [0.05, 0.1) is 0 Å². The number of fused-ring (bicyclic) bond motifs is 1. The molecule has 0 amide bonds. The average Bonchev–Trinajstić information content (AvgIpc) is 2.99. The molecule has 0 radical (unpaired) electrons. The Morgan fingerprint density at radius 2 is 1.81 bits per heavy atom. The van der Waals surface area contributed by atoms with Gasteiger partial charge in [-0.1, -0.05) is 55.3 Å². The summed E-state index contributed by atoms with van der Waals surface area (Å²) in [4.78, 5) is 12.0. The summed E-state index contributed by atoms with van der Waals surface area (Å²) in [5.41, 5.74) is -0.199. The maximum atomic E-state index is 12.0. The lowest BCUT2D eigenvalue weighted by Crippen LogP contribution is -2.50. The lowest BCUT2D eigenvalue weighted by molar-refractivity contribution is -0.145. The summed E-state index contributed by atoms with van der Waals surface area (Å²) in [7, 11) is 0. The molecule has 3 nitrogen and oxygen atoms in total. The fourth-order valence-corrected chi connectivity index (χ4v) is 3.39. The van der Waals surface area contributed by atoms with Gasteiger partial charge in [0, 0.05) is 6.04 Å². The zero-order chi connectivity index (χ0) is 14.9.